The van der Waals surface area contributed by atoms with Crippen LogP contribution in [0.5, 0.6) is 0 Å². The van der Waals surface area contributed by atoms with Crippen LogP contribution in [0.2, 0.25) is 5.02 Å². The molecule has 0 aliphatic carbocycles. The van der Waals surface area contributed by atoms with E-state index in [1.54, 1.807) is 31.3 Å². The molecule has 0 aliphatic heterocycles. The van der Waals surface area contributed by atoms with Crippen LogP contribution < -0.4 is 10.6 Å². The quantitative estimate of drug-likeness (QED) is 0.815. The number of carbonyl (C=O) groups is 1. The Morgan fingerprint density at radius 1 is 1.24 bits per heavy atom. The first-order chi connectivity index (χ1) is 9.90. The van der Waals surface area contributed by atoms with Gasteiger partial charge in [-0.1, -0.05) is 36.0 Å². The second-order valence-corrected chi connectivity index (χ2v) is 6.11. The molecule has 1 amide bonds. The molecule has 0 atom stereocenters. The molecule has 2 aromatic rings. The molecule has 0 aliphatic rings. The third kappa shape index (κ3) is 3.61. The first-order valence-corrected chi connectivity index (χ1v) is 7.61. The molecule has 0 unspecified atom stereocenters. The molecule has 2 aromatic carbocycles. The normalized spacial score (nSPS) is 10.2. The number of anilines is 1. The number of benzene rings is 2. The van der Waals surface area contributed by atoms with Gasteiger partial charge >= 0.3 is 0 Å². The monoisotopic (exact) mass is 382 g/mol. The molecule has 2 N–H and O–H groups in total. The van der Waals surface area contributed by atoms with Crippen molar-refractivity contribution in [3.63, 3.8) is 0 Å². The van der Waals surface area contributed by atoms with E-state index < -0.39 is 0 Å². The molecule has 108 valence electrons. The summed E-state index contributed by atoms with van der Waals surface area (Å²) in [6.07, 6.45) is 0. The third-order valence-corrected chi connectivity index (χ3v) is 4.44. The zero-order valence-corrected chi connectivity index (χ0v) is 14.3. The molecule has 0 aromatic heterocycles. The number of rotatable bonds is 3. The molecule has 0 fully saturated rings. The Kier molecular flexibility index (Phi) is 4.98. The van der Waals surface area contributed by atoms with Gasteiger partial charge in [-0.15, -0.1) is 0 Å². The molecule has 0 saturated heterocycles. The Morgan fingerprint density at radius 3 is 2.57 bits per heavy atom. The fourth-order valence-corrected chi connectivity index (χ4v) is 2.43. The highest BCUT2D eigenvalue weighted by atomic mass is 79.9. The summed E-state index contributed by atoms with van der Waals surface area (Å²) in [5, 5.41) is 0.560. The summed E-state index contributed by atoms with van der Waals surface area (Å²) < 4.78 is 0.681. The maximum absolute atomic E-state index is 12.5. The largest absolute Gasteiger partial charge is 0.389 e. The zero-order valence-electron chi connectivity index (χ0n) is 11.1. The number of amides is 1. The lowest BCUT2D eigenvalue weighted by Gasteiger charge is -2.18. The van der Waals surface area contributed by atoms with Crippen molar-refractivity contribution >= 4 is 56.3 Å². The highest BCUT2D eigenvalue weighted by Crippen LogP contribution is 2.25. The van der Waals surface area contributed by atoms with Crippen LogP contribution in [0.1, 0.15) is 15.9 Å². The number of nitrogens with two attached hydrogens (primary N) is 1. The fraction of sp³-hybridized carbons (Fsp3) is 0.0667. The van der Waals surface area contributed by atoms with Crippen LogP contribution in [-0.4, -0.2) is 17.9 Å². The van der Waals surface area contributed by atoms with E-state index in [0.717, 1.165) is 11.3 Å². The molecule has 0 saturated carbocycles. The van der Waals surface area contributed by atoms with Crippen LogP contribution in [0, 0.1) is 0 Å². The SMILES string of the molecule is CN(C(=O)c1ccc(Cl)c(Br)c1)c1cccc(C(N)=S)c1. The van der Waals surface area contributed by atoms with Crippen LogP contribution >= 0.6 is 39.7 Å². The van der Waals surface area contributed by atoms with E-state index in [1.165, 1.54) is 4.90 Å². The Labute approximate surface area is 141 Å². The number of hydrogen-bond donors (Lipinski definition) is 1. The van der Waals surface area contributed by atoms with Crippen molar-refractivity contribution in [2.45, 2.75) is 0 Å². The van der Waals surface area contributed by atoms with Crippen molar-refractivity contribution < 1.29 is 4.79 Å². The minimum atomic E-state index is -0.146. The molecule has 0 spiro atoms. The maximum atomic E-state index is 12.5. The van der Waals surface area contributed by atoms with Gasteiger partial charge in [0.1, 0.15) is 4.99 Å². The molecule has 3 nitrogen and oxygen atoms in total. The van der Waals surface area contributed by atoms with E-state index in [-0.39, 0.29) is 5.91 Å². The van der Waals surface area contributed by atoms with Crippen LogP contribution in [-0.2, 0) is 0 Å². The standard InChI is InChI=1S/C15H12BrClN2OS/c1-19(11-4-2-3-9(7-11)14(18)21)15(20)10-5-6-13(17)12(16)8-10/h2-8H,1H3,(H2,18,21). The topological polar surface area (TPSA) is 46.3 Å². The number of thiocarbonyl (C=S) groups is 1. The summed E-state index contributed by atoms with van der Waals surface area (Å²) in [6.45, 7) is 0. The van der Waals surface area contributed by atoms with Crippen LogP contribution in [0.15, 0.2) is 46.9 Å². The van der Waals surface area contributed by atoms with E-state index in [2.05, 4.69) is 15.9 Å². The Morgan fingerprint density at radius 2 is 1.95 bits per heavy atom. The Balaban J connectivity index is 2.32. The lowest BCUT2D eigenvalue weighted by molar-refractivity contribution is 0.0993. The maximum Gasteiger partial charge on any atom is 0.258 e. The predicted molar refractivity (Wildman–Crippen MR) is 94.2 cm³/mol. The first-order valence-electron chi connectivity index (χ1n) is 6.03. The molecular weight excluding hydrogens is 372 g/mol. The minimum Gasteiger partial charge on any atom is -0.389 e. The summed E-state index contributed by atoms with van der Waals surface area (Å²) in [5.74, 6) is -0.146. The van der Waals surface area contributed by atoms with Crippen molar-refractivity contribution in [3.8, 4) is 0 Å². The molecule has 0 radical (unpaired) electrons. The van der Waals surface area contributed by atoms with Gasteiger partial charge in [0.2, 0.25) is 0 Å². The smallest absolute Gasteiger partial charge is 0.258 e. The molecular formula is C15H12BrClN2OS. The lowest BCUT2D eigenvalue weighted by atomic mass is 10.1. The van der Waals surface area contributed by atoms with Gasteiger partial charge in [-0.3, -0.25) is 4.79 Å². The average molecular weight is 384 g/mol. The number of carbonyl (C=O) groups excluding carboxylic acids is 1. The Bertz CT molecular complexity index is 721. The second kappa shape index (κ2) is 6.56. The summed E-state index contributed by atoms with van der Waals surface area (Å²) in [5.41, 5.74) is 7.59. The van der Waals surface area contributed by atoms with E-state index in [9.17, 15) is 4.79 Å². The van der Waals surface area contributed by atoms with Gasteiger partial charge in [-0.2, -0.15) is 0 Å². The Hall–Kier alpha value is -1.43. The highest BCUT2D eigenvalue weighted by molar-refractivity contribution is 9.10. The van der Waals surface area contributed by atoms with Crippen molar-refractivity contribution in [2.75, 3.05) is 11.9 Å². The van der Waals surface area contributed by atoms with Gasteiger partial charge in [0, 0.05) is 28.3 Å². The summed E-state index contributed by atoms with van der Waals surface area (Å²) in [6, 6.07) is 12.3. The van der Waals surface area contributed by atoms with Gasteiger partial charge in [0.15, 0.2) is 0 Å². The van der Waals surface area contributed by atoms with Crippen molar-refractivity contribution in [1.29, 1.82) is 0 Å². The first kappa shape index (κ1) is 15.9. The number of hydrogen-bond acceptors (Lipinski definition) is 2. The molecule has 0 bridgehead atoms. The zero-order chi connectivity index (χ0) is 15.6. The summed E-state index contributed by atoms with van der Waals surface area (Å²) in [4.78, 5) is 14.3. The van der Waals surface area contributed by atoms with Crippen LogP contribution in [0.25, 0.3) is 0 Å². The average Bonchev–Trinajstić information content (AvgIpc) is 2.48. The van der Waals surface area contributed by atoms with Crippen molar-refractivity contribution in [1.82, 2.24) is 0 Å². The van der Waals surface area contributed by atoms with Crippen LogP contribution in [0.4, 0.5) is 5.69 Å². The van der Waals surface area contributed by atoms with E-state index >= 15 is 0 Å². The van der Waals surface area contributed by atoms with Gasteiger partial charge in [-0.05, 0) is 46.3 Å². The van der Waals surface area contributed by atoms with E-state index in [0.29, 0.717) is 20.0 Å². The minimum absolute atomic E-state index is 0.146. The summed E-state index contributed by atoms with van der Waals surface area (Å²) >= 11 is 14.2. The summed E-state index contributed by atoms with van der Waals surface area (Å²) in [7, 11) is 1.70. The number of nitrogens with zero attached hydrogens (tertiary/aromatic N) is 1. The molecule has 6 heteroatoms. The third-order valence-electron chi connectivity index (χ3n) is 2.99. The van der Waals surface area contributed by atoms with Gasteiger partial charge < -0.3 is 10.6 Å². The molecule has 0 heterocycles. The van der Waals surface area contributed by atoms with Crippen LogP contribution in [0.3, 0.4) is 0 Å². The lowest BCUT2D eigenvalue weighted by Crippen LogP contribution is -2.26. The second-order valence-electron chi connectivity index (χ2n) is 4.41. The predicted octanol–water partition coefficient (Wildman–Crippen LogP) is 4.01. The molecule has 2 rings (SSSR count). The van der Waals surface area contributed by atoms with Gasteiger partial charge in [-0.25, -0.2) is 0 Å². The van der Waals surface area contributed by atoms with E-state index in [1.807, 2.05) is 18.2 Å². The number of halogens is 2. The van der Waals surface area contributed by atoms with Gasteiger partial charge in [0.05, 0.1) is 5.02 Å². The fourth-order valence-electron chi connectivity index (χ4n) is 1.81. The van der Waals surface area contributed by atoms with Gasteiger partial charge in [0.25, 0.3) is 5.91 Å². The van der Waals surface area contributed by atoms with E-state index in [4.69, 9.17) is 29.6 Å². The molecule has 21 heavy (non-hydrogen) atoms. The highest BCUT2D eigenvalue weighted by Gasteiger charge is 2.15. The van der Waals surface area contributed by atoms with Crippen molar-refractivity contribution in [3.05, 3.63) is 63.1 Å². The van der Waals surface area contributed by atoms with Crippen molar-refractivity contribution in [2.24, 2.45) is 5.73 Å².